The highest BCUT2D eigenvalue weighted by Gasteiger charge is 2.38. The number of carbonyl (C=O) groups is 1. The van der Waals surface area contributed by atoms with Crippen LogP contribution in [0.25, 0.3) is 5.69 Å². The average Bonchev–Trinajstić information content (AvgIpc) is 2.88. The van der Waals surface area contributed by atoms with Crippen LogP contribution in [0, 0.1) is 5.92 Å². The van der Waals surface area contributed by atoms with Crippen LogP contribution in [0.2, 0.25) is 0 Å². The van der Waals surface area contributed by atoms with Crippen molar-refractivity contribution in [3.63, 3.8) is 0 Å². The minimum absolute atomic E-state index is 0.108. The number of halogens is 3. The maximum absolute atomic E-state index is 12.7. The molecular weight excluding hydrogens is 289 g/mol. The number of tetrazole rings is 1. The lowest BCUT2D eigenvalue weighted by Crippen LogP contribution is -2.15. The Morgan fingerprint density at radius 1 is 1.24 bits per heavy atom. The molecule has 0 saturated carbocycles. The van der Waals surface area contributed by atoms with Gasteiger partial charge in [0.25, 0.3) is 5.82 Å². The van der Waals surface area contributed by atoms with Crippen LogP contribution < -0.4 is 4.74 Å². The van der Waals surface area contributed by atoms with Crippen molar-refractivity contribution in [1.29, 1.82) is 0 Å². The highest BCUT2D eigenvalue weighted by molar-refractivity contribution is 5.74. The molecule has 9 heteroatoms. The molecule has 0 aliphatic heterocycles. The first-order valence-corrected chi connectivity index (χ1v) is 5.96. The van der Waals surface area contributed by atoms with E-state index in [0.717, 1.165) is 0 Å². The number of hydrogen-bond acceptors (Lipinski definition) is 5. The van der Waals surface area contributed by atoms with Crippen LogP contribution in [0.4, 0.5) is 13.2 Å². The lowest BCUT2D eigenvalue weighted by molar-refractivity contribution is -0.146. The van der Waals surface area contributed by atoms with E-state index in [0.29, 0.717) is 4.68 Å². The Bertz CT molecular complexity index is 635. The third-order valence-electron chi connectivity index (χ3n) is 2.49. The summed E-state index contributed by atoms with van der Waals surface area (Å²) in [4.78, 5) is 11.4. The third-order valence-corrected chi connectivity index (χ3v) is 2.49. The molecule has 0 unspecified atom stereocenters. The standard InChI is InChI=1S/C12H11F3N4O2/c1-7(2)10(20)21-9-5-3-8(4-6-9)19-11(12(13,14)15)16-17-18-19/h3-7H,1-2H3. The highest BCUT2D eigenvalue weighted by Crippen LogP contribution is 2.28. The van der Waals surface area contributed by atoms with Gasteiger partial charge in [0, 0.05) is 0 Å². The fourth-order valence-electron chi connectivity index (χ4n) is 1.43. The maximum Gasteiger partial charge on any atom is 0.453 e. The van der Waals surface area contributed by atoms with E-state index in [-0.39, 0.29) is 17.4 Å². The fourth-order valence-corrected chi connectivity index (χ4v) is 1.43. The number of benzene rings is 1. The molecule has 2 aromatic rings. The number of alkyl halides is 3. The second-order valence-corrected chi connectivity index (χ2v) is 4.48. The average molecular weight is 300 g/mol. The van der Waals surface area contributed by atoms with Gasteiger partial charge in [0.15, 0.2) is 0 Å². The van der Waals surface area contributed by atoms with Gasteiger partial charge in [-0.25, -0.2) is 0 Å². The number of hydrogen-bond donors (Lipinski definition) is 0. The predicted molar refractivity (Wildman–Crippen MR) is 64.6 cm³/mol. The summed E-state index contributed by atoms with van der Waals surface area (Å²) < 4.78 is 43.6. The number of ether oxygens (including phenoxy) is 1. The van der Waals surface area contributed by atoms with Crippen molar-refractivity contribution < 1.29 is 22.7 Å². The molecule has 6 nitrogen and oxygen atoms in total. The molecule has 0 atom stereocenters. The lowest BCUT2D eigenvalue weighted by Gasteiger charge is -2.09. The zero-order chi connectivity index (χ0) is 15.6. The number of aromatic nitrogens is 4. The fraction of sp³-hybridized carbons (Fsp3) is 0.333. The Morgan fingerprint density at radius 3 is 2.38 bits per heavy atom. The zero-order valence-electron chi connectivity index (χ0n) is 11.1. The van der Waals surface area contributed by atoms with Crippen LogP contribution in [0.5, 0.6) is 5.75 Å². The monoisotopic (exact) mass is 300 g/mol. The number of rotatable bonds is 3. The van der Waals surface area contributed by atoms with E-state index >= 15 is 0 Å². The Hall–Kier alpha value is -2.45. The predicted octanol–water partition coefficient (Wildman–Crippen LogP) is 2.24. The number of nitrogens with zero attached hydrogens (tertiary/aromatic N) is 4. The molecule has 1 aromatic heterocycles. The Morgan fingerprint density at radius 2 is 1.86 bits per heavy atom. The summed E-state index contributed by atoms with van der Waals surface area (Å²) in [6.45, 7) is 3.35. The van der Waals surface area contributed by atoms with Gasteiger partial charge in [-0.3, -0.25) is 4.79 Å². The Balaban J connectivity index is 2.24. The summed E-state index contributed by atoms with van der Waals surface area (Å²) in [5.41, 5.74) is 0.108. The quantitative estimate of drug-likeness (QED) is 0.642. The van der Waals surface area contributed by atoms with Crippen molar-refractivity contribution in [3.8, 4) is 11.4 Å². The van der Waals surface area contributed by atoms with E-state index in [2.05, 4.69) is 15.5 Å². The summed E-state index contributed by atoms with van der Waals surface area (Å²) in [5, 5.41) is 9.27. The van der Waals surface area contributed by atoms with Gasteiger partial charge in [-0.2, -0.15) is 17.9 Å². The largest absolute Gasteiger partial charge is 0.453 e. The Labute approximate surface area is 117 Å². The van der Waals surface area contributed by atoms with Gasteiger partial charge in [-0.15, -0.1) is 5.10 Å². The number of carbonyl (C=O) groups excluding carboxylic acids is 1. The highest BCUT2D eigenvalue weighted by atomic mass is 19.4. The molecule has 0 spiro atoms. The van der Waals surface area contributed by atoms with Crippen LogP contribution in [0.3, 0.4) is 0 Å². The van der Waals surface area contributed by atoms with Crippen molar-refractivity contribution in [3.05, 3.63) is 30.1 Å². The topological polar surface area (TPSA) is 69.9 Å². The molecular formula is C12H11F3N4O2. The van der Waals surface area contributed by atoms with Gasteiger partial charge in [0.2, 0.25) is 0 Å². The van der Waals surface area contributed by atoms with Crippen molar-refractivity contribution >= 4 is 5.97 Å². The molecule has 112 valence electrons. The molecule has 0 N–H and O–H groups in total. The van der Waals surface area contributed by atoms with E-state index in [1.807, 2.05) is 0 Å². The van der Waals surface area contributed by atoms with Crippen LogP contribution in [0.15, 0.2) is 24.3 Å². The summed E-state index contributed by atoms with van der Waals surface area (Å²) in [6, 6.07) is 5.40. The summed E-state index contributed by atoms with van der Waals surface area (Å²) in [5.74, 6) is -1.73. The molecule has 0 saturated heterocycles. The molecule has 0 aliphatic carbocycles. The Kier molecular flexibility index (Phi) is 3.92. The summed E-state index contributed by atoms with van der Waals surface area (Å²) >= 11 is 0. The van der Waals surface area contributed by atoms with E-state index in [4.69, 9.17) is 4.74 Å². The SMILES string of the molecule is CC(C)C(=O)Oc1ccc(-n2nnnc2C(F)(F)F)cc1. The molecule has 1 aromatic carbocycles. The van der Waals surface area contributed by atoms with Gasteiger partial charge in [0.1, 0.15) is 5.75 Å². The van der Waals surface area contributed by atoms with Gasteiger partial charge in [-0.05, 0) is 34.7 Å². The van der Waals surface area contributed by atoms with Crippen LogP contribution in [-0.4, -0.2) is 26.2 Å². The molecule has 2 rings (SSSR count). The summed E-state index contributed by atoms with van der Waals surface area (Å²) in [7, 11) is 0. The first-order chi connectivity index (χ1) is 9.79. The van der Waals surface area contributed by atoms with Crippen LogP contribution in [0.1, 0.15) is 19.7 Å². The van der Waals surface area contributed by atoms with Crippen LogP contribution >= 0.6 is 0 Å². The smallest absolute Gasteiger partial charge is 0.426 e. The lowest BCUT2D eigenvalue weighted by atomic mass is 10.2. The van der Waals surface area contributed by atoms with Gasteiger partial charge in [0.05, 0.1) is 11.6 Å². The second-order valence-electron chi connectivity index (χ2n) is 4.48. The van der Waals surface area contributed by atoms with Crippen molar-refractivity contribution in [2.24, 2.45) is 5.92 Å². The summed E-state index contributed by atoms with van der Waals surface area (Å²) in [6.07, 6.45) is -4.66. The van der Waals surface area contributed by atoms with Gasteiger partial charge < -0.3 is 4.74 Å². The molecule has 0 aliphatic rings. The van der Waals surface area contributed by atoms with Crippen molar-refractivity contribution in [2.45, 2.75) is 20.0 Å². The third kappa shape index (κ3) is 3.36. The van der Waals surface area contributed by atoms with Crippen molar-refractivity contribution in [2.75, 3.05) is 0 Å². The minimum atomic E-state index is -4.66. The van der Waals surface area contributed by atoms with E-state index in [9.17, 15) is 18.0 Å². The van der Waals surface area contributed by atoms with E-state index in [1.54, 1.807) is 13.8 Å². The minimum Gasteiger partial charge on any atom is -0.426 e. The van der Waals surface area contributed by atoms with E-state index in [1.165, 1.54) is 24.3 Å². The first-order valence-electron chi connectivity index (χ1n) is 5.96. The van der Waals surface area contributed by atoms with E-state index < -0.39 is 18.0 Å². The first kappa shape index (κ1) is 14.9. The molecule has 0 fully saturated rings. The molecule has 0 bridgehead atoms. The molecule has 0 radical (unpaired) electrons. The maximum atomic E-state index is 12.7. The number of esters is 1. The normalized spacial score (nSPS) is 11.7. The van der Waals surface area contributed by atoms with Crippen molar-refractivity contribution in [1.82, 2.24) is 20.2 Å². The second kappa shape index (κ2) is 5.51. The van der Waals surface area contributed by atoms with Crippen LogP contribution in [-0.2, 0) is 11.0 Å². The molecule has 1 heterocycles. The van der Waals surface area contributed by atoms with Gasteiger partial charge in [-0.1, -0.05) is 13.8 Å². The zero-order valence-corrected chi connectivity index (χ0v) is 11.1. The molecule has 0 amide bonds. The molecule has 21 heavy (non-hydrogen) atoms. The van der Waals surface area contributed by atoms with Gasteiger partial charge >= 0.3 is 12.1 Å².